The molecule has 9 rings (SSSR count). The number of rotatable bonds is 4. The normalized spacial score (nSPS) is 12.0. The highest BCUT2D eigenvalue weighted by Gasteiger charge is 2.19. The molecule has 0 radical (unpaired) electrons. The second-order valence-electron chi connectivity index (χ2n) is 12.0. The first-order chi connectivity index (χ1) is 23.8. The van der Waals surface area contributed by atoms with E-state index < -0.39 is 0 Å². The number of nitrogens with one attached hydrogen (secondary N) is 2. The van der Waals surface area contributed by atoms with Gasteiger partial charge in [0.05, 0.1) is 17.1 Å². The van der Waals surface area contributed by atoms with Crippen molar-refractivity contribution in [2.75, 3.05) is 0 Å². The molecule has 0 saturated carbocycles. The lowest BCUT2D eigenvalue weighted by Crippen LogP contribution is -1.87. The minimum atomic E-state index is 0.883. The smallest absolute Gasteiger partial charge is 0.0738 e. The van der Waals surface area contributed by atoms with Crippen molar-refractivity contribution < 1.29 is 0 Å². The van der Waals surface area contributed by atoms with Crippen molar-refractivity contribution in [2.24, 2.45) is 4.99 Å². The van der Waals surface area contributed by atoms with Crippen LogP contribution in [0.1, 0.15) is 17.0 Å². The number of fused-ring (bicyclic) bond motifs is 8. The van der Waals surface area contributed by atoms with E-state index in [0.717, 1.165) is 89.2 Å². The number of hydrogen-bond acceptors (Lipinski definition) is 2. The summed E-state index contributed by atoms with van der Waals surface area (Å²) in [5, 5.41) is 0. The van der Waals surface area contributed by atoms with Gasteiger partial charge in [-0.15, -0.1) is 0 Å². The van der Waals surface area contributed by atoms with Gasteiger partial charge >= 0.3 is 0 Å². The van der Waals surface area contributed by atoms with Crippen LogP contribution in [0, 0.1) is 0 Å². The average molecular weight is 615 g/mol. The topological polar surface area (TPSA) is 56.8 Å². The van der Waals surface area contributed by atoms with Gasteiger partial charge in [0.2, 0.25) is 0 Å². The fraction of sp³-hybridized carbons (Fsp3) is 0. The standard InChI is InChI=1S/C44H30N4/c1-5-13-29(14-6-1)41-33-27-40(45-28-33)44(32-19-11-4-12-20-32)39-26-25-38(48-39)43(31-17-9-3-10-18-31)37-24-23-36(47-37)42(30-15-7-2-8-16-30)35-22-21-34(41)46-35/h1-28,46-47H. The van der Waals surface area contributed by atoms with E-state index in [4.69, 9.17) is 9.98 Å². The molecule has 0 aliphatic carbocycles. The first-order valence-corrected chi connectivity index (χ1v) is 16.2. The lowest BCUT2D eigenvalue weighted by atomic mass is 10.00. The second-order valence-corrected chi connectivity index (χ2v) is 12.0. The molecule has 0 saturated heterocycles. The Labute approximate surface area is 278 Å². The average Bonchev–Trinajstić information content (AvgIpc) is 3.98. The Hall–Kier alpha value is -6.52. The van der Waals surface area contributed by atoms with Crippen LogP contribution in [0.25, 0.3) is 78.7 Å². The van der Waals surface area contributed by atoms with E-state index in [-0.39, 0.29) is 0 Å². The second kappa shape index (κ2) is 11.7. The minimum Gasteiger partial charge on any atom is -0.354 e. The Kier molecular flexibility index (Phi) is 6.76. The molecule has 4 heteroatoms. The van der Waals surface area contributed by atoms with Crippen LogP contribution in [0.3, 0.4) is 0 Å². The highest BCUT2D eigenvalue weighted by atomic mass is 14.8. The van der Waals surface area contributed by atoms with Crippen LogP contribution < -0.4 is 0 Å². The Bertz CT molecular complexity index is 2380. The molecule has 2 aliphatic heterocycles. The quantitative estimate of drug-likeness (QED) is 0.204. The molecule has 4 nitrogen and oxygen atoms in total. The third-order valence-corrected chi connectivity index (χ3v) is 9.03. The lowest BCUT2D eigenvalue weighted by molar-refractivity contribution is 1.31. The Balaban J connectivity index is 1.49. The van der Waals surface area contributed by atoms with Gasteiger partial charge in [0.25, 0.3) is 0 Å². The number of aromatic amines is 2. The van der Waals surface area contributed by atoms with Crippen LogP contribution in [0.5, 0.6) is 0 Å². The molecule has 5 heterocycles. The van der Waals surface area contributed by atoms with Crippen molar-refractivity contribution in [2.45, 2.75) is 0 Å². The van der Waals surface area contributed by atoms with Gasteiger partial charge < -0.3 is 9.97 Å². The van der Waals surface area contributed by atoms with Crippen LogP contribution in [0.15, 0.2) is 157 Å². The van der Waals surface area contributed by atoms with E-state index >= 15 is 0 Å². The zero-order valence-electron chi connectivity index (χ0n) is 26.1. The number of benzene rings is 4. The largest absolute Gasteiger partial charge is 0.354 e. The van der Waals surface area contributed by atoms with Gasteiger partial charge in [0.15, 0.2) is 0 Å². The summed E-state index contributed by atoms with van der Waals surface area (Å²) in [5.41, 5.74) is 16.4. The number of hydrogen-bond donors (Lipinski definition) is 2. The fourth-order valence-corrected chi connectivity index (χ4v) is 6.87. The first-order valence-electron chi connectivity index (χ1n) is 16.2. The monoisotopic (exact) mass is 614 g/mol. The molecule has 48 heavy (non-hydrogen) atoms. The minimum absolute atomic E-state index is 0.883. The Morgan fingerprint density at radius 3 is 1.29 bits per heavy atom. The molecule has 0 unspecified atom stereocenters. The Morgan fingerprint density at radius 2 is 0.771 bits per heavy atom. The van der Waals surface area contributed by atoms with Crippen LogP contribution in [-0.2, 0) is 0 Å². The van der Waals surface area contributed by atoms with Gasteiger partial charge in [0.1, 0.15) is 0 Å². The van der Waals surface area contributed by atoms with Crippen molar-refractivity contribution in [1.82, 2.24) is 15.0 Å². The number of aromatic nitrogens is 3. The zero-order chi connectivity index (χ0) is 31.9. The molecule has 0 fully saturated rings. The maximum atomic E-state index is 5.33. The molecule has 3 aromatic heterocycles. The molecule has 4 aromatic carbocycles. The van der Waals surface area contributed by atoms with E-state index in [1.165, 1.54) is 0 Å². The van der Waals surface area contributed by atoms with E-state index in [0.29, 0.717) is 0 Å². The van der Waals surface area contributed by atoms with Crippen LogP contribution in [-0.4, -0.2) is 21.2 Å². The summed E-state index contributed by atoms with van der Waals surface area (Å²) in [4.78, 5) is 18.0. The van der Waals surface area contributed by atoms with Crippen molar-refractivity contribution in [3.05, 3.63) is 169 Å². The van der Waals surface area contributed by atoms with Gasteiger partial charge in [-0.05, 0) is 64.7 Å². The molecule has 0 spiro atoms. The maximum absolute atomic E-state index is 5.33. The summed E-state index contributed by atoms with van der Waals surface area (Å²) >= 11 is 0. The molecular formula is C44H30N4. The highest BCUT2D eigenvalue weighted by Crippen LogP contribution is 2.40. The van der Waals surface area contributed by atoms with E-state index in [1.807, 2.05) is 18.3 Å². The summed E-state index contributed by atoms with van der Waals surface area (Å²) < 4.78 is 0. The van der Waals surface area contributed by atoms with Gasteiger partial charge in [-0.2, -0.15) is 0 Å². The maximum Gasteiger partial charge on any atom is 0.0738 e. The summed E-state index contributed by atoms with van der Waals surface area (Å²) in [6.07, 6.45) is 6.24. The molecule has 2 N–H and O–H groups in total. The molecular weight excluding hydrogens is 585 g/mol. The van der Waals surface area contributed by atoms with Gasteiger partial charge in [0, 0.05) is 56.1 Å². The Morgan fingerprint density at radius 1 is 0.375 bits per heavy atom. The molecule has 0 atom stereocenters. The van der Waals surface area contributed by atoms with Crippen molar-refractivity contribution >= 4 is 46.1 Å². The fourth-order valence-electron chi connectivity index (χ4n) is 6.87. The van der Waals surface area contributed by atoms with Gasteiger partial charge in [-0.25, -0.2) is 4.98 Å². The lowest BCUT2D eigenvalue weighted by Gasteiger charge is -2.06. The third-order valence-electron chi connectivity index (χ3n) is 9.03. The predicted octanol–water partition coefficient (Wildman–Crippen LogP) is 11.5. The molecule has 0 amide bonds. The summed E-state index contributed by atoms with van der Waals surface area (Å²) in [6.45, 7) is 0. The molecule has 2 aliphatic rings. The highest BCUT2D eigenvalue weighted by molar-refractivity contribution is 6.04. The van der Waals surface area contributed by atoms with Crippen LogP contribution in [0.4, 0.5) is 5.69 Å². The summed E-state index contributed by atoms with van der Waals surface area (Å²) in [7, 11) is 0. The van der Waals surface area contributed by atoms with Crippen LogP contribution >= 0.6 is 0 Å². The first kappa shape index (κ1) is 27.8. The van der Waals surface area contributed by atoms with Gasteiger partial charge in [-0.3, -0.25) is 4.99 Å². The van der Waals surface area contributed by atoms with Crippen LogP contribution in [0.2, 0.25) is 0 Å². The molecule has 7 aromatic rings. The predicted molar refractivity (Wildman–Crippen MR) is 201 cm³/mol. The summed E-state index contributed by atoms with van der Waals surface area (Å²) in [5.74, 6) is 0. The van der Waals surface area contributed by atoms with Gasteiger partial charge in [-0.1, -0.05) is 121 Å². The van der Waals surface area contributed by atoms with E-state index in [2.05, 4.69) is 162 Å². The molecule has 226 valence electrons. The van der Waals surface area contributed by atoms with E-state index in [9.17, 15) is 0 Å². The zero-order valence-corrected chi connectivity index (χ0v) is 26.1. The molecule has 8 bridgehead atoms. The SMILES string of the molecule is C1=Cc2nc1c(-c1ccccc1)c1cc(c(-c3ccccc3)c3ccc([nH]3)c(-c3ccccc3)c3ccc([nH]3)c2-c2ccccc2)C=N1. The number of aliphatic imine (C=N–C) groups is 1. The third kappa shape index (κ3) is 4.88. The number of nitrogens with zero attached hydrogens (tertiary/aromatic N) is 2. The van der Waals surface area contributed by atoms with E-state index in [1.54, 1.807) is 0 Å². The van der Waals surface area contributed by atoms with Crippen molar-refractivity contribution in [3.63, 3.8) is 0 Å². The summed E-state index contributed by atoms with van der Waals surface area (Å²) in [6, 6.07) is 53.0. The number of H-pyrrole nitrogens is 2. The van der Waals surface area contributed by atoms with Crippen molar-refractivity contribution in [3.8, 4) is 44.5 Å². The van der Waals surface area contributed by atoms with Crippen molar-refractivity contribution in [1.29, 1.82) is 0 Å².